The topological polar surface area (TPSA) is 43.4 Å². The van der Waals surface area contributed by atoms with E-state index < -0.39 is 21.0 Å². The molecule has 1 atom stereocenters. The molecule has 0 amide bonds. The van der Waals surface area contributed by atoms with Gasteiger partial charge in [-0.25, -0.2) is 0 Å². The van der Waals surface area contributed by atoms with E-state index in [0.717, 1.165) is 29.5 Å². The first kappa shape index (κ1) is 21.2. The lowest BCUT2D eigenvalue weighted by atomic mass is 9.72. The fourth-order valence-corrected chi connectivity index (χ4v) is 6.12. The van der Waals surface area contributed by atoms with Gasteiger partial charge in [0.1, 0.15) is 5.75 Å². The van der Waals surface area contributed by atoms with E-state index in [4.69, 9.17) is 0 Å². The highest BCUT2D eigenvalue weighted by molar-refractivity contribution is 7.88. The maximum absolute atomic E-state index is 12.8. The number of rotatable bonds is 2. The molecule has 30 heavy (non-hydrogen) atoms. The molecule has 0 saturated heterocycles. The molecule has 0 heterocycles. The number of hydrogen-bond acceptors (Lipinski definition) is 3. The van der Waals surface area contributed by atoms with Crippen molar-refractivity contribution < 1.29 is 25.8 Å². The van der Waals surface area contributed by atoms with E-state index in [-0.39, 0.29) is 16.6 Å². The number of aryl methyl sites for hydroxylation is 1. The molecule has 1 unspecified atom stereocenters. The summed E-state index contributed by atoms with van der Waals surface area (Å²) in [6.45, 7) is 10.6. The van der Waals surface area contributed by atoms with Gasteiger partial charge in [-0.2, -0.15) is 21.6 Å². The third-order valence-corrected chi connectivity index (χ3v) is 7.61. The second-order valence-corrected chi connectivity index (χ2v) is 11.5. The normalized spacial score (nSPS) is 24.0. The molecule has 2 aliphatic carbocycles. The zero-order chi connectivity index (χ0) is 22.3. The number of fused-ring (bicyclic) bond motifs is 4. The van der Waals surface area contributed by atoms with Crippen LogP contribution in [0.3, 0.4) is 0 Å². The van der Waals surface area contributed by atoms with Crippen LogP contribution in [0, 0.1) is 6.92 Å². The lowest BCUT2D eigenvalue weighted by Gasteiger charge is -2.30. The van der Waals surface area contributed by atoms with E-state index in [1.54, 1.807) is 6.07 Å². The summed E-state index contributed by atoms with van der Waals surface area (Å²) in [5.41, 5.74) is -0.796. The van der Waals surface area contributed by atoms with Gasteiger partial charge in [0, 0.05) is 5.41 Å². The van der Waals surface area contributed by atoms with Crippen LogP contribution in [0.25, 0.3) is 0 Å². The van der Waals surface area contributed by atoms with Gasteiger partial charge in [-0.1, -0.05) is 57.5 Å². The standard InChI is InChI=1S/C23H25F3O3S/c1-14-6-8-16-18(10-14)22(12-20(16,2)3)13-21(4,5)17-9-7-15(11-19(17)22)29-30(27,28)23(24,25)26/h6-11H,12-13H2,1-5H3. The molecule has 0 N–H and O–H groups in total. The minimum absolute atomic E-state index is 0.115. The molecule has 0 aliphatic heterocycles. The van der Waals surface area contributed by atoms with Crippen molar-refractivity contribution in [3.63, 3.8) is 0 Å². The smallest absolute Gasteiger partial charge is 0.376 e. The zero-order valence-corrected chi connectivity index (χ0v) is 18.5. The lowest BCUT2D eigenvalue weighted by Crippen LogP contribution is -2.28. The summed E-state index contributed by atoms with van der Waals surface area (Å²) in [5.74, 6) is -0.304. The number of halogens is 3. The van der Waals surface area contributed by atoms with Crippen LogP contribution in [-0.4, -0.2) is 13.9 Å². The lowest BCUT2D eigenvalue weighted by molar-refractivity contribution is -0.0500. The predicted molar refractivity (Wildman–Crippen MR) is 109 cm³/mol. The summed E-state index contributed by atoms with van der Waals surface area (Å²) in [7, 11) is -5.72. The van der Waals surface area contributed by atoms with Crippen LogP contribution in [0.2, 0.25) is 0 Å². The molecule has 0 fully saturated rings. The monoisotopic (exact) mass is 438 g/mol. The van der Waals surface area contributed by atoms with Crippen molar-refractivity contribution in [1.29, 1.82) is 0 Å². The predicted octanol–water partition coefficient (Wildman–Crippen LogP) is 5.87. The van der Waals surface area contributed by atoms with Gasteiger partial charge in [-0.3, -0.25) is 0 Å². The Kier molecular flexibility index (Phi) is 4.26. The third kappa shape index (κ3) is 2.96. The van der Waals surface area contributed by atoms with Gasteiger partial charge in [-0.15, -0.1) is 0 Å². The van der Waals surface area contributed by atoms with Gasteiger partial charge in [-0.05, 0) is 65.0 Å². The van der Waals surface area contributed by atoms with Gasteiger partial charge < -0.3 is 4.18 Å². The van der Waals surface area contributed by atoms with E-state index in [1.165, 1.54) is 23.3 Å². The van der Waals surface area contributed by atoms with Crippen LogP contribution in [0.4, 0.5) is 13.2 Å². The van der Waals surface area contributed by atoms with Crippen molar-refractivity contribution in [2.75, 3.05) is 0 Å². The first-order chi connectivity index (χ1) is 13.6. The SMILES string of the molecule is Cc1ccc2c(c1)C1(CC2(C)C)CC(C)(C)c2ccc(OS(=O)(=O)C(F)(F)F)cc21. The summed E-state index contributed by atoms with van der Waals surface area (Å²) >= 11 is 0. The fraction of sp³-hybridized carbons (Fsp3) is 0.478. The Morgan fingerprint density at radius 3 is 1.87 bits per heavy atom. The van der Waals surface area contributed by atoms with Gasteiger partial charge in [0.05, 0.1) is 0 Å². The quantitative estimate of drug-likeness (QED) is 0.435. The van der Waals surface area contributed by atoms with Crippen molar-refractivity contribution >= 4 is 10.1 Å². The third-order valence-electron chi connectivity index (χ3n) is 6.63. The number of alkyl halides is 3. The summed E-state index contributed by atoms with van der Waals surface area (Å²) in [5, 5.41) is 0. The first-order valence-electron chi connectivity index (χ1n) is 9.87. The molecule has 3 nitrogen and oxygen atoms in total. The van der Waals surface area contributed by atoms with E-state index in [2.05, 4.69) is 50.1 Å². The van der Waals surface area contributed by atoms with E-state index in [1.807, 2.05) is 6.92 Å². The van der Waals surface area contributed by atoms with Crippen LogP contribution in [0.15, 0.2) is 36.4 Å². The van der Waals surface area contributed by atoms with Crippen molar-refractivity contribution in [3.05, 3.63) is 64.2 Å². The average molecular weight is 439 g/mol. The Balaban J connectivity index is 1.92. The molecule has 162 valence electrons. The minimum Gasteiger partial charge on any atom is -0.376 e. The van der Waals surface area contributed by atoms with Crippen LogP contribution >= 0.6 is 0 Å². The van der Waals surface area contributed by atoms with Crippen molar-refractivity contribution in [3.8, 4) is 5.75 Å². The summed E-state index contributed by atoms with van der Waals surface area (Å²) < 4.78 is 66.1. The number of benzene rings is 2. The van der Waals surface area contributed by atoms with Crippen molar-refractivity contribution in [2.24, 2.45) is 0 Å². The van der Waals surface area contributed by atoms with E-state index >= 15 is 0 Å². The van der Waals surface area contributed by atoms with Crippen LogP contribution in [0.1, 0.15) is 68.4 Å². The Bertz CT molecular complexity index is 1140. The van der Waals surface area contributed by atoms with E-state index in [9.17, 15) is 21.6 Å². The van der Waals surface area contributed by atoms with Gasteiger partial charge in [0.25, 0.3) is 0 Å². The molecular weight excluding hydrogens is 413 g/mol. The van der Waals surface area contributed by atoms with Crippen molar-refractivity contribution in [2.45, 2.75) is 69.2 Å². The summed E-state index contributed by atoms with van der Waals surface area (Å²) in [6, 6.07) is 10.9. The number of hydrogen-bond donors (Lipinski definition) is 0. The molecule has 0 saturated carbocycles. The minimum atomic E-state index is -5.72. The summed E-state index contributed by atoms with van der Waals surface area (Å²) in [4.78, 5) is 0. The van der Waals surface area contributed by atoms with Crippen molar-refractivity contribution in [1.82, 2.24) is 0 Å². The molecule has 0 aromatic heterocycles. The Morgan fingerprint density at radius 2 is 1.33 bits per heavy atom. The highest BCUT2D eigenvalue weighted by Crippen LogP contribution is 2.63. The second kappa shape index (κ2) is 6.02. The molecule has 2 aromatic carbocycles. The molecular formula is C23H25F3O3S. The largest absolute Gasteiger partial charge is 0.534 e. The summed E-state index contributed by atoms with van der Waals surface area (Å²) in [6.07, 6.45) is 1.59. The Labute approximate surface area is 175 Å². The van der Waals surface area contributed by atoms with Crippen LogP contribution < -0.4 is 4.18 Å². The maximum Gasteiger partial charge on any atom is 0.534 e. The Hall–Kier alpha value is -2.02. The molecule has 1 spiro atoms. The Morgan fingerprint density at radius 1 is 0.833 bits per heavy atom. The van der Waals surface area contributed by atoms with E-state index in [0.29, 0.717) is 0 Å². The fourth-order valence-electron chi connectivity index (χ4n) is 5.67. The molecule has 7 heteroatoms. The highest BCUT2D eigenvalue weighted by atomic mass is 32.2. The molecule has 0 radical (unpaired) electrons. The maximum atomic E-state index is 12.8. The molecule has 0 bridgehead atoms. The molecule has 4 rings (SSSR count). The van der Waals surface area contributed by atoms with Crippen LogP contribution in [-0.2, 0) is 26.4 Å². The van der Waals surface area contributed by atoms with Gasteiger partial charge in [0.2, 0.25) is 0 Å². The second-order valence-electron chi connectivity index (χ2n) is 9.94. The van der Waals surface area contributed by atoms with Gasteiger partial charge >= 0.3 is 15.6 Å². The first-order valence-corrected chi connectivity index (χ1v) is 11.3. The van der Waals surface area contributed by atoms with Gasteiger partial charge in [0.15, 0.2) is 0 Å². The molecule has 2 aliphatic rings. The van der Waals surface area contributed by atoms with Crippen LogP contribution in [0.5, 0.6) is 5.75 Å². The zero-order valence-electron chi connectivity index (χ0n) is 17.6. The highest BCUT2D eigenvalue weighted by Gasteiger charge is 2.56. The average Bonchev–Trinajstić information content (AvgIpc) is 2.93. The molecule has 2 aromatic rings.